The lowest BCUT2D eigenvalue weighted by Gasteiger charge is -2.09. The molecule has 9 heteroatoms. The van der Waals surface area contributed by atoms with Crippen LogP contribution in [-0.4, -0.2) is 16.8 Å². The van der Waals surface area contributed by atoms with E-state index in [1.165, 1.54) is 30.3 Å². The summed E-state index contributed by atoms with van der Waals surface area (Å²) in [5.41, 5.74) is 0.959. The number of nitrogens with one attached hydrogen (secondary N) is 1. The zero-order valence-corrected chi connectivity index (χ0v) is 20.1. The Morgan fingerprint density at radius 3 is 2.42 bits per heavy atom. The molecule has 8 nitrogen and oxygen atoms in total. The Kier molecular flexibility index (Phi) is 7.18. The molecule has 176 valence electrons. The molecule has 0 saturated heterocycles. The van der Waals surface area contributed by atoms with Crippen LogP contribution in [0.5, 0.6) is 5.75 Å². The van der Waals surface area contributed by atoms with Gasteiger partial charge in [0.05, 0.1) is 15.0 Å². The first-order chi connectivity index (χ1) is 17.4. The van der Waals surface area contributed by atoms with Crippen LogP contribution in [-0.2, 0) is 4.79 Å². The minimum absolute atomic E-state index is 0.116. The number of nitriles is 1. The third-order valence-electron chi connectivity index (χ3n) is 5.18. The lowest BCUT2D eigenvalue weighted by atomic mass is 10.0. The van der Waals surface area contributed by atoms with Crippen LogP contribution < -0.4 is 10.1 Å². The topological polar surface area (TPSA) is 122 Å². The molecule has 0 aromatic heterocycles. The second-order valence-corrected chi connectivity index (χ2v) is 8.39. The van der Waals surface area contributed by atoms with Crippen molar-refractivity contribution in [2.45, 2.75) is 0 Å². The number of nitro benzene ring substituents is 1. The van der Waals surface area contributed by atoms with E-state index in [1.807, 2.05) is 36.4 Å². The van der Waals surface area contributed by atoms with E-state index in [0.717, 1.165) is 10.8 Å². The van der Waals surface area contributed by atoms with Gasteiger partial charge in [-0.1, -0.05) is 42.5 Å². The van der Waals surface area contributed by atoms with E-state index < -0.39 is 16.8 Å². The SMILES string of the molecule is N#CC(=Cc1ccc(OC(=O)c2cccc3ccccc23)c(Br)c1)C(=O)Nc1ccc([N+](=O)[O-])cc1. The van der Waals surface area contributed by atoms with Crippen LogP contribution in [0, 0.1) is 21.4 Å². The number of carbonyl (C=O) groups excluding carboxylic acids is 2. The van der Waals surface area contributed by atoms with Gasteiger partial charge in [-0.25, -0.2) is 4.79 Å². The van der Waals surface area contributed by atoms with Crippen LogP contribution in [0.15, 0.2) is 95.0 Å². The number of ether oxygens (including phenoxy) is 1. The van der Waals surface area contributed by atoms with E-state index >= 15 is 0 Å². The molecule has 0 unspecified atom stereocenters. The fourth-order valence-corrected chi connectivity index (χ4v) is 3.91. The third-order valence-corrected chi connectivity index (χ3v) is 5.80. The summed E-state index contributed by atoms with van der Waals surface area (Å²) in [7, 11) is 0. The van der Waals surface area contributed by atoms with Crippen LogP contribution in [0.1, 0.15) is 15.9 Å². The first kappa shape index (κ1) is 24.3. The zero-order valence-electron chi connectivity index (χ0n) is 18.5. The average molecular weight is 542 g/mol. The van der Waals surface area contributed by atoms with Gasteiger partial charge >= 0.3 is 5.97 Å². The first-order valence-corrected chi connectivity index (χ1v) is 11.3. The lowest BCUT2D eigenvalue weighted by molar-refractivity contribution is -0.384. The summed E-state index contributed by atoms with van der Waals surface area (Å²) in [5.74, 6) is -0.913. The van der Waals surface area contributed by atoms with E-state index in [0.29, 0.717) is 21.3 Å². The summed E-state index contributed by atoms with van der Waals surface area (Å²) in [4.78, 5) is 35.5. The summed E-state index contributed by atoms with van der Waals surface area (Å²) in [6, 6.07) is 24.8. The molecule has 0 spiro atoms. The average Bonchev–Trinajstić information content (AvgIpc) is 2.88. The summed E-state index contributed by atoms with van der Waals surface area (Å²) in [6.45, 7) is 0. The molecule has 0 saturated carbocycles. The molecule has 0 radical (unpaired) electrons. The van der Waals surface area contributed by atoms with Gasteiger partial charge in [-0.05, 0) is 68.7 Å². The molecule has 1 amide bonds. The molecular weight excluding hydrogens is 526 g/mol. The number of fused-ring (bicyclic) bond motifs is 1. The normalized spacial score (nSPS) is 10.9. The standard InChI is InChI=1S/C27H16BrN3O5/c28-24-15-17(14-19(16-29)26(32)30-20-9-11-21(12-10-20)31(34)35)8-13-25(24)36-27(33)23-7-3-5-18-4-1-2-6-22(18)23/h1-15H,(H,30,32). The second-order valence-electron chi connectivity index (χ2n) is 7.53. The molecule has 4 aromatic rings. The van der Waals surface area contributed by atoms with E-state index in [9.17, 15) is 25.0 Å². The molecule has 0 aliphatic rings. The van der Waals surface area contributed by atoms with Gasteiger partial charge in [0.25, 0.3) is 11.6 Å². The van der Waals surface area contributed by atoms with Gasteiger partial charge < -0.3 is 10.1 Å². The fraction of sp³-hybridized carbons (Fsp3) is 0. The Balaban J connectivity index is 1.50. The van der Waals surface area contributed by atoms with Crippen molar-refractivity contribution in [3.63, 3.8) is 0 Å². The van der Waals surface area contributed by atoms with Crippen LogP contribution in [0.3, 0.4) is 0 Å². The molecule has 4 rings (SSSR count). The van der Waals surface area contributed by atoms with Crippen molar-refractivity contribution in [2.75, 3.05) is 5.32 Å². The fourth-order valence-electron chi connectivity index (χ4n) is 3.43. The van der Waals surface area contributed by atoms with Gasteiger partial charge in [-0.15, -0.1) is 0 Å². The van der Waals surface area contributed by atoms with Crippen LogP contribution in [0.2, 0.25) is 0 Å². The first-order valence-electron chi connectivity index (χ1n) is 10.5. The Morgan fingerprint density at radius 2 is 1.72 bits per heavy atom. The number of benzene rings is 4. The number of nitro groups is 1. The van der Waals surface area contributed by atoms with Crippen LogP contribution in [0.25, 0.3) is 16.8 Å². The molecule has 0 aliphatic heterocycles. The molecule has 1 N–H and O–H groups in total. The van der Waals surface area contributed by atoms with Gasteiger partial charge in [-0.2, -0.15) is 5.26 Å². The molecule has 36 heavy (non-hydrogen) atoms. The van der Waals surface area contributed by atoms with E-state index in [4.69, 9.17) is 4.74 Å². The van der Waals surface area contributed by atoms with Crippen molar-refractivity contribution in [3.8, 4) is 11.8 Å². The predicted octanol–water partition coefficient (Wildman–Crippen LogP) is 6.28. The van der Waals surface area contributed by atoms with Crippen molar-refractivity contribution in [2.24, 2.45) is 0 Å². The number of non-ortho nitro benzene ring substituents is 1. The Morgan fingerprint density at radius 1 is 1.00 bits per heavy atom. The summed E-state index contributed by atoms with van der Waals surface area (Å²) in [5, 5.41) is 24.4. The minimum atomic E-state index is -0.672. The Hall–Kier alpha value is -4.81. The smallest absolute Gasteiger partial charge is 0.344 e. The number of hydrogen-bond donors (Lipinski definition) is 1. The number of carbonyl (C=O) groups is 2. The van der Waals surface area contributed by atoms with Crippen molar-refractivity contribution in [1.29, 1.82) is 5.26 Å². The predicted molar refractivity (Wildman–Crippen MR) is 138 cm³/mol. The summed E-state index contributed by atoms with van der Waals surface area (Å²) >= 11 is 3.37. The van der Waals surface area contributed by atoms with E-state index in [1.54, 1.807) is 30.3 Å². The largest absolute Gasteiger partial charge is 0.422 e. The highest BCUT2D eigenvalue weighted by molar-refractivity contribution is 9.10. The number of anilines is 1. The quantitative estimate of drug-likeness (QED) is 0.0765. The molecule has 0 atom stereocenters. The van der Waals surface area contributed by atoms with Gasteiger partial charge in [0.2, 0.25) is 0 Å². The van der Waals surface area contributed by atoms with Crippen LogP contribution in [0.4, 0.5) is 11.4 Å². The number of esters is 1. The number of rotatable bonds is 6. The van der Waals surface area contributed by atoms with Crippen molar-refractivity contribution in [3.05, 3.63) is 116 Å². The maximum absolute atomic E-state index is 12.8. The van der Waals surface area contributed by atoms with E-state index in [-0.39, 0.29) is 17.0 Å². The highest BCUT2D eigenvalue weighted by Crippen LogP contribution is 2.29. The molecule has 0 heterocycles. The number of nitrogens with zero attached hydrogens (tertiary/aromatic N) is 2. The summed E-state index contributed by atoms with van der Waals surface area (Å²) in [6.07, 6.45) is 1.38. The minimum Gasteiger partial charge on any atom is -0.422 e. The number of amides is 1. The molecular formula is C27H16BrN3O5. The van der Waals surface area contributed by atoms with Gasteiger partial charge in [-0.3, -0.25) is 14.9 Å². The highest BCUT2D eigenvalue weighted by atomic mass is 79.9. The van der Waals surface area contributed by atoms with Crippen molar-refractivity contribution in [1.82, 2.24) is 0 Å². The lowest BCUT2D eigenvalue weighted by Crippen LogP contribution is -2.13. The second kappa shape index (κ2) is 10.6. The maximum Gasteiger partial charge on any atom is 0.344 e. The monoisotopic (exact) mass is 541 g/mol. The molecule has 0 aliphatic carbocycles. The number of hydrogen-bond acceptors (Lipinski definition) is 6. The zero-order chi connectivity index (χ0) is 25.7. The Bertz CT molecular complexity index is 1570. The third kappa shape index (κ3) is 5.46. The highest BCUT2D eigenvalue weighted by Gasteiger charge is 2.15. The summed E-state index contributed by atoms with van der Waals surface area (Å²) < 4.78 is 6.04. The van der Waals surface area contributed by atoms with Gasteiger partial charge in [0.15, 0.2) is 0 Å². The molecule has 0 bridgehead atoms. The van der Waals surface area contributed by atoms with Gasteiger partial charge in [0.1, 0.15) is 17.4 Å². The molecule has 0 fully saturated rings. The van der Waals surface area contributed by atoms with Crippen LogP contribution >= 0.6 is 15.9 Å². The number of halogens is 1. The van der Waals surface area contributed by atoms with E-state index in [2.05, 4.69) is 21.2 Å². The van der Waals surface area contributed by atoms with Gasteiger partial charge in [0, 0.05) is 17.8 Å². The molecule has 4 aromatic carbocycles. The Labute approximate surface area is 213 Å². The maximum atomic E-state index is 12.8. The van der Waals surface area contributed by atoms with Crippen molar-refractivity contribution < 1.29 is 19.2 Å². The van der Waals surface area contributed by atoms with Crippen molar-refractivity contribution >= 4 is 56.0 Å².